The monoisotopic (exact) mass is 216 g/mol. The number of ether oxygens (including phenoxy) is 1. The molecule has 0 atom stereocenters. The van der Waals surface area contributed by atoms with Crippen LogP contribution in [0.3, 0.4) is 0 Å². The lowest BCUT2D eigenvalue weighted by Gasteiger charge is -2.04. The molecule has 0 saturated carbocycles. The van der Waals surface area contributed by atoms with E-state index in [9.17, 15) is 0 Å². The standard InChI is InChI=1S/C11H12N4O/c1-16-7-8-6-10(12)15-11(14-8)9-4-2-3-5-13-9/h2-6H,7H2,1H3,(H2,12,14,15). The Labute approximate surface area is 93.3 Å². The maximum Gasteiger partial charge on any atom is 0.180 e. The molecule has 0 bridgehead atoms. The summed E-state index contributed by atoms with van der Waals surface area (Å²) in [5.74, 6) is 0.940. The van der Waals surface area contributed by atoms with Gasteiger partial charge in [0.05, 0.1) is 12.3 Å². The van der Waals surface area contributed by atoms with E-state index < -0.39 is 0 Å². The molecule has 0 fully saturated rings. The highest BCUT2D eigenvalue weighted by molar-refractivity contribution is 5.51. The number of nitrogens with two attached hydrogens (primary N) is 1. The van der Waals surface area contributed by atoms with Gasteiger partial charge in [-0.05, 0) is 12.1 Å². The van der Waals surface area contributed by atoms with E-state index in [4.69, 9.17) is 10.5 Å². The van der Waals surface area contributed by atoms with Gasteiger partial charge < -0.3 is 10.5 Å². The second-order valence-corrected chi connectivity index (χ2v) is 3.26. The molecule has 0 spiro atoms. The van der Waals surface area contributed by atoms with Crippen LogP contribution in [0.15, 0.2) is 30.5 Å². The van der Waals surface area contributed by atoms with Crippen LogP contribution in [0.1, 0.15) is 5.69 Å². The normalized spacial score (nSPS) is 10.3. The van der Waals surface area contributed by atoms with Gasteiger partial charge in [-0.3, -0.25) is 4.98 Å². The number of nitrogen functional groups attached to an aromatic ring is 1. The van der Waals surface area contributed by atoms with Crippen LogP contribution in [-0.2, 0) is 11.3 Å². The fourth-order valence-corrected chi connectivity index (χ4v) is 1.35. The van der Waals surface area contributed by atoms with Crippen molar-refractivity contribution in [3.05, 3.63) is 36.2 Å². The SMILES string of the molecule is COCc1cc(N)nc(-c2ccccn2)n1. The molecule has 5 nitrogen and oxygen atoms in total. The van der Waals surface area contributed by atoms with Crippen LogP contribution >= 0.6 is 0 Å². The van der Waals surface area contributed by atoms with E-state index in [1.165, 1.54) is 0 Å². The van der Waals surface area contributed by atoms with Crippen molar-refractivity contribution >= 4 is 5.82 Å². The first-order valence-corrected chi connectivity index (χ1v) is 4.83. The van der Waals surface area contributed by atoms with Gasteiger partial charge >= 0.3 is 0 Å². The van der Waals surface area contributed by atoms with E-state index in [0.29, 0.717) is 23.9 Å². The minimum Gasteiger partial charge on any atom is -0.384 e. The van der Waals surface area contributed by atoms with Gasteiger partial charge in [0, 0.05) is 19.4 Å². The first kappa shape index (κ1) is 10.5. The summed E-state index contributed by atoms with van der Waals surface area (Å²) in [6.45, 7) is 0.409. The van der Waals surface area contributed by atoms with Gasteiger partial charge in [-0.25, -0.2) is 9.97 Å². The van der Waals surface area contributed by atoms with Crippen molar-refractivity contribution < 1.29 is 4.74 Å². The van der Waals surface area contributed by atoms with Crippen LogP contribution < -0.4 is 5.73 Å². The van der Waals surface area contributed by atoms with Gasteiger partial charge in [0.1, 0.15) is 11.5 Å². The number of anilines is 1. The lowest BCUT2D eigenvalue weighted by molar-refractivity contribution is 0.181. The maximum absolute atomic E-state index is 5.69. The summed E-state index contributed by atoms with van der Waals surface area (Å²) in [7, 11) is 1.61. The largest absolute Gasteiger partial charge is 0.384 e. The quantitative estimate of drug-likeness (QED) is 0.836. The summed E-state index contributed by atoms with van der Waals surface area (Å²) in [5, 5.41) is 0. The molecule has 0 aliphatic rings. The Morgan fingerprint density at radius 3 is 2.88 bits per heavy atom. The Morgan fingerprint density at radius 1 is 1.31 bits per heavy atom. The van der Waals surface area contributed by atoms with E-state index in [0.717, 1.165) is 5.69 Å². The lowest BCUT2D eigenvalue weighted by Crippen LogP contribution is -2.02. The molecule has 0 amide bonds. The highest BCUT2D eigenvalue weighted by Crippen LogP contribution is 2.14. The molecule has 0 unspecified atom stereocenters. The first-order chi connectivity index (χ1) is 7.79. The second-order valence-electron chi connectivity index (χ2n) is 3.26. The van der Waals surface area contributed by atoms with Crippen molar-refractivity contribution in [3.63, 3.8) is 0 Å². The molecule has 2 aromatic rings. The molecule has 0 aliphatic carbocycles. The Hall–Kier alpha value is -2.01. The molecule has 0 aliphatic heterocycles. The fraction of sp³-hybridized carbons (Fsp3) is 0.182. The first-order valence-electron chi connectivity index (χ1n) is 4.83. The Bertz CT molecular complexity index is 473. The molecular weight excluding hydrogens is 204 g/mol. The molecule has 5 heteroatoms. The molecule has 82 valence electrons. The minimum atomic E-state index is 0.409. The van der Waals surface area contributed by atoms with Gasteiger partial charge in [0.15, 0.2) is 5.82 Å². The average Bonchev–Trinajstić information content (AvgIpc) is 2.30. The van der Waals surface area contributed by atoms with Crippen LogP contribution in [0, 0.1) is 0 Å². The third kappa shape index (κ3) is 2.32. The zero-order valence-electron chi connectivity index (χ0n) is 8.92. The number of hydrogen-bond donors (Lipinski definition) is 1. The molecule has 2 aromatic heterocycles. The fourth-order valence-electron chi connectivity index (χ4n) is 1.35. The van der Waals surface area contributed by atoms with Gasteiger partial charge in [0.2, 0.25) is 0 Å². The number of aromatic nitrogens is 3. The molecule has 2 N–H and O–H groups in total. The second kappa shape index (κ2) is 4.67. The van der Waals surface area contributed by atoms with Crippen molar-refractivity contribution in [2.24, 2.45) is 0 Å². The molecule has 2 rings (SSSR count). The lowest BCUT2D eigenvalue weighted by atomic mass is 10.3. The number of methoxy groups -OCH3 is 1. The van der Waals surface area contributed by atoms with Crippen molar-refractivity contribution in [3.8, 4) is 11.5 Å². The van der Waals surface area contributed by atoms with Crippen LogP contribution in [0.2, 0.25) is 0 Å². The predicted octanol–water partition coefficient (Wildman–Crippen LogP) is 1.27. The van der Waals surface area contributed by atoms with Gasteiger partial charge in [-0.2, -0.15) is 0 Å². The van der Waals surface area contributed by atoms with E-state index in [-0.39, 0.29) is 0 Å². The van der Waals surface area contributed by atoms with E-state index >= 15 is 0 Å². The van der Waals surface area contributed by atoms with Gasteiger partial charge in [0.25, 0.3) is 0 Å². The number of pyridine rings is 1. The topological polar surface area (TPSA) is 73.9 Å². The summed E-state index contributed by atoms with van der Waals surface area (Å²) in [5.41, 5.74) is 7.14. The summed E-state index contributed by atoms with van der Waals surface area (Å²) < 4.78 is 5.01. The van der Waals surface area contributed by atoms with Crippen molar-refractivity contribution in [1.29, 1.82) is 0 Å². The minimum absolute atomic E-state index is 0.409. The summed E-state index contributed by atoms with van der Waals surface area (Å²) in [4.78, 5) is 12.6. The summed E-state index contributed by atoms with van der Waals surface area (Å²) in [6, 6.07) is 7.25. The van der Waals surface area contributed by atoms with Gasteiger partial charge in [-0.1, -0.05) is 6.07 Å². The molecule has 2 heterocycles. The third-order valence-electron chi connectivity index (χ3n) is 1.99. The van der Waals surface area contributed by atoms with Crippen molar-refractivity contribution in [2.45, 2.75) is 6.61 Å². The Balaban J connectivity index is 2.41. The number of nitrogens with zero attached hydrogens (tertiary/aromatic N) is 3. The maximum atomic E-state index is 5.69. The summed E-state index contributed by atoms with van der Waals surface area (Å²) in [6.07, 6.45) is 1.69. The average molecular weight is 216 g/mol. The molecule has 0 aromatic carbocycles. The highest BCUT2D eigenvalue weighted by atomic mass is 16.5. The van der Waals surface area contributed by atoms with E-state index in [2.05, 4.69) is 15.0 Å². The molecular formula is C11H12N4O. The van der Waals surface area contributed by atoms with E-state index in [1.54, 1.807) is 19.4 Å². The van der Waals surface area contributed by atoms with Crippen LogP contribution in [0.25, 0.3) is 11.5 Å². The molecule has 0 saturated heterocycles. The van der Waals surface area contributed by atoms with Crippen molar-refractivity contribution in [2.75, 3.05) is 12.8 Å². The molecule has 0 radical (unpaired) electrons. The Kier molecular flexibility index (Phi) is 3.07. The smallest absolute Gasteiger partial charge is 0.180 e. The number of rotatable bonds is 3. The van der Waals surface area contributed by atoms with Crippen molar-refractivity contribution in [1.82, 2.24) is 15.0 Å². The Morgan fingerprint density at radius 2 is 2.19 bits per heavy atom. The summed E-state index contributed by atoms with van der Waals surface area (Å²) >= 11 is 0. The predicted molar refractivity (Wildman–Crippen MR) is 60.4 cm³/mol. The van der Waals surface area contributed by atoms with Crippen LogP contribution in [0.5, 0.6) is 0 Å². The zero-order chi connectivity index (χ0) is 11.4. The van der Waals surface area contributed by atoms with E-state index in [1.807, 2.05) is 18.2 Å². The zero-order valence-corrected chi connectivity index (χ0v) is 8.92. The van der Waals surface area contributed by atoms with Crippen LogP contribution in [0.4, 0.5) is 5.82 Å². The van der Waals surface area contributed by atoms with Crippen LogP contribution in [-0.4, -0.2) is 22.1 Å². The third-order valence-corrected chi connectivity index (χ3v) is 1.99. The number of hydrogen-bond acceptors (Lipinski definition) is 5. The molecule has 16 heavy (non-hydrogen) atoms. The highest BCUT2D eigenvalue weighted by Gasteiger charge is 2.05. The van der Waals surface area contributed by atoms with Gasteiger partial charge in [-0.15, -0.1) is 0 Å².